The lowest BCUT2D eigenvalue weighted by atomic mass is 9.76. The van der Waals surface area contributed by atoms with Gasteiger partial charge in [0, 0.05) is 27.8 Å². The molecule has 5 rings (SSSR count). The van der Waals surface area contributed by atoms with Crippen molar-refractivity contribution in [2.45, 2.75) is 31.9 Å². The molecule has 0 aromatic heterocycles. The fourth-order valence-corrected chi connectivity index (χ4v) is 5.73. The molecule has 4 nitrogen and oxygen atoms in total. The summed E-state index contributed by atoms with van der Waals surface area (Å²) >= 11 is 10.0. The fourth-order valence-electron chi connectivity index (χ4n) is 4.97. The third-order valence-electron chi connectivity index (χ3n) is 6.71. The molecule has 0 saturated heterocycles. The quantitative estimate of drug-likeness (QED) is 0.258. The fraction of sp³-hybridized carbons (Fsp3) is 0.250. The molecule has 3 aromatic carbocycles. The van der Waals surface area contributed by atoms with Gasteiger partial charge in [0.1, 0.15) is 6.61 Å². The van der Waals surface area contributed by atoms with Crippen LogP contribution in [0.3, 0.4) is 0 Å². The number of nitrogens with one attached hydrogen (secondary N) is 1. The molecule has 1 N–H and O–H groups in total. The number of hydrogen-bond donors (Lipinski definition) is 1. The molecule has 2 aliphatic rings. The van der Waals surface area contributed by atoms with E-state index < -0.39 is 0 Å². The van der Waals surface area contributed by atoms with Crippen molar-refractivity contribution in [1.29, 1.82) is 0 Å². The minimum Gasteiger partial charge on any atom is -0.493 e. The molecule has 0 fully saturated rings. The molecular formula is C28H25BrClNO3. The Morgan fingerprint density at radius 2 is 2.00 bits per heavy atom. The van der Waals surface area contributed by atoms with Gasteiger partial charge in [0.05, 0.1) is 17.6 Å². The second kappa shape index (κ2) is 9.47. The van der Waals surface area contributed by atoms with Crippen LogP contribution in [0.25, 0.3) is 0 Å². The Balaban J connectivity index is 1.46. The number of halogens is 2. The Hall–Kier alpha value is -2.76. The van der Waals surface area contributed by atoms with E-state index in [-0.39, 0.29) is 17.7 Å². The number of hydrogen-bond acceptors (Lipinski definition) is 4. The molecule has 0 saturated carbocycles. The molecule has 174 valence electrons. The Kier molecular flexibility index (Phi) is 6.41. The second-order valence-electron chi connectivity index (χ2n) is 8.75. The minimum atomic E-state index is 0.0875. The van der Waals surface area contributed by atoms with Crippen molar-refractivity contribution in [3.05, 3.63) is 98.5 Å². The molecule has 0 spiro atoms. The van der Waals surface area contributed by atoms with E-state index >= 15 is 0 Å². The van der Waals surface area contributed by atoms with Crippen molar-refractivity contribution in [2.24, 2.45) is 5.92 Å². The van der Waals surface area contributed by atoms with Crippen molar-refractivity contribution in [3.8, 4) is 11.5 Å². The molecular weight excluding hydrogens is 514 g/mol. The van der Waals surface area contributed by atoms with Crippen molar-refractivity contribution in [1.82, 2.24) is 0 Å². The van der Waals surface area contributed by atoms with Crippen molar-refractivity contribution in [2.75, 3.05) is 12.4 Å². The average Bonchev–Trinajstić information content (AvgIpc) is 3.33. The number of methoxy groups -OCH3 is 1. The van der Waals surface area contributed by atoms with Crippen LogP contribution in [0.2, 0.25) is 5.02 Å². The van der Waals surface area contributed by atoms with E-state index in [0.29, 0.717) is 29.0 Å². The number of ketones is 1. The van der Waals surface area contributed by atoms with Gasteiger partial charge < -0.3 is 14.8 Å². The highest BCUT2D eigenvalue weighted by molar-refractivity contribution is 9.10. The zero-order valence-corrected chi connectivity index (χ0v) is 21.3. The summed E-state index contributed by atoms with van der Waals surface area (Å²) in [5.41, 5.74) is 5.04. The Labute approximate surface area is 213 Å². The standard InChI is InChI=1S/C28H25BrClNO3/c1-16(32)17-10-11-25-22(12-17)20-7-5-8-21(20)27(31-25)19-13-23(29)28(26(14-19)33-2)34-15-18-6-3-4-9-24(18)30/h3-7,9-14,20-21,27,31H,8,15H2,1-2H3/t20-,21+,27+/m1/s1. The van der Waals surface area contributed by atoms with E-state index in [4.69, 9.17) is 21.1 Å². The lowest BCUT2D eigenvalue weighted by molar-refractivity contribution is 0.101. The molecule has 0 unspecified atom stereocenters. The number of carbonyl (C=O) groups excluding carboxylic acids is 1. The Morgan fingerprint density at radius 1 is 1.18 bits per heavy atom. The average molecular weight is 539 g/mol. The first kappa shape index (κ1) is 23.0. The number of carbonyl (C=O) groups is 1. The maximum Gasteiger partial charge on any atom is 0.175 e. The smallest absolute Gasteiger partial charge is 0.175 e. The van der Waals surface area contributed by atoms with Crippen LogP contribution in [0, 0.1) is 5.92 Å². The summed E-state index contributed by atoms with van der Waals surface area (Å²) in [6.45, 7) is 1.96. The van der Waals surface area contributed by atoms with Crippen LogP contribution >= 0.6 is 27.5 Å². The number of ether oxygens (including phenoxy) is 2. The zero-order chi connectivity index (χ0) is 23.8. The summed E-state index contributed by atoms with van der Waals surface area (Å²) in [5, 5.41) is 4.40. The van der Waals surface area contributed by atoms with E-state index in [1.54, 1.807) is 14.0 Å². The first-order valence-corrected chi connectivity index (χ1v) is 12.4. The molecule has 1 aliphatic carbocycles. The summed E-state index contributed by atoms with van der Waals surface area (Å²) in [6, 6.07) is 17.9. The highest BCUT2D eigenvalue weighted by Gasteiger charge is 2.38. The number of Topliss-reactive ketones (excluding diaryl/α,β-unsaturated/α-hetero) is 1. The van der Waals surface area contributed by atoms with Crippen LogP contribution in [0.1, 0.15) is 52.4 Å². The molecule has 0 radical (unpaired) electrons. The van der Waals surface area contributed by atoms with Crippen molar-refractivity contribution in [3.63, 3.8) is 0 Å². The van der Waals surface area contributed by atoms with Crippen LogP contribution in [-0.2, 0) is 6.61 Å². The molecule has 3 aromatic rings. The monoisotopic (exact) mass is 537 g/mol. The number of anilines is 1. The third kappa shape index (κ3) is 4.23. The maximum atomic E-state index is 11.9. The molecule has 0 bridgehead atoms. The summed E-state index contributed by atoms with van der Waals surface area (Å²) in [6.07, 6.45) is 5.48. The normalized spacial score (nSPS) is 20.3. The zero-order valence-electron chi connectivity index (χ0n) is 19.0. The van der Waals surface area contributed by atoms with Gasteiger partial charge in [-0.15, -0.1) is 0 Å². The van der Waals surface area contributed by atoms with Gasteiger partial charge in [0.2, 0.25) is 0 Å². The van der Waals surface area contributed by atoms with Crippen LogP contribution in [0.4, 0.5) is 5.69 Å². The number of fused-ring (bicyclic) bond motifs is 3. The predicted octanol–water partition coefficient (Wildman–Crippen LogP) is 7.72. The van der Waals surface area contributed by atoms with Crippen LogP contribution in [-0.4, -0.2) is 12.9 Å². The van der Waals surface area contributed by atoms with Gasteiger partial charge in [-0.3, -0.25) is 4.79 Å². The molecule has 34 heavy (non-hydrogen) atoms. The van der Waals surface area contributed by atoms with Gasteiger partial charge in [0.25, 0.3) is 0 Å². The first-order valence-electron chi connectivity index (χ1n) is 11.3. The van der Waals surface area contributed by atoms with Crippen molar-refractivity contribution < 1.29 is 14.3 Å². The van der Waals surface area contributed by atoms with Gasteiger partial charge >= 0.3 is 0 Å². The first-order chi connectivity index (χ1) is 16.5. The largest absolute Gasteiger partial charge is 0.493 e. The van der Waals surface area contributed by atoms with Gasteiger partial charge in [-0.25, -0.2) is 0 Å². The summed E-state index contributed by atoms with van der Waals surface area (Å²) in [5.74, 6) is 2.01. The summed E-state index contributed by atoms with van der Waals surface area (Å²) < 4.78 is 12.7. The number of allylic oxidation sites excluding steroid dienone is 2. The Morgan fingerprint density at radius 3 is 2.76 bits per heavy atom. The lowest BCUT2D eigenvalue weighted by Gasteiger charge is -2.38. The van der Waals surface area contributed by atoms with Gasteiger partial charge in [0.15, 0.2) is 17.3 Å². The van der Waals surface area contributed by atoms with Gasteiger partial charge in [-0.05, 0) is 82.7 Å². The Bertz CT molecular complexity index is 1290. The van der Waals surface area contributed by atoms with Gasteiger partial charge in [-0.2, -0.15) is 0 Å². The SMILES string of the molecule is COc1cc([C@@H]2Nc3ccc(C(C)=O)cc3[C@@H]3C=CC[C@@H]32)cc(Br)c1OCc1ccccc1Cl. The van der Waals surface area contributed by atoms with E-state index in [1.165, 1.54) is 5.56 Å². The highest BCUT2D eigenvalue weighted by Crippen LogP contribution is 2.51. The molecule has 1 heterocycles. The number of rotatable bonds is 6. The minimum absolute atomic E-state index is 0.0875. The molecule has 6 heteroatoms. The molecule has 0 amide bonds. The van der Waals surface area contributed by atoms with Crippen LogP contribution in [0.5, 0.6) is 11.5 Å². The molecule has 3 atom stereocenters. The number of benzene rings is 3. The van der Waals surface area contributed by atoms with Gasteiger partial charge in [-0.1, -0.05) is 42.0 Å². The van der Waals surface area contributed by atoms with E-state index in [9.17, 15) is 4.79 Å². The predicted molar refractivity (Wildman–Crippen MR) is 139 cm³/mol. The summed E-state index contributed by atoms with van der Waals surface area (Å²) in [4.78, 5) is 11.9. The van der Waals surface area contributed by atoms with Crippen LogP contribution < -0.4 is 14.8 Å². The summed E-state index contributed by atoms with van der Waals surface area (Å²) in [7, 11) is 1.65. The highest BCUT2D eigenvalue weighted by atomic mass is 79.9. The van der Waals surface area contributed by atoms with E-state index in [0.717, 1.165) is 33.3 Å². The van der Waals surface area contributed by atoms with E-state index in [2.05, 4.69) is 45.5 Å². The topological polar surface area (TPSA) is 47.6 Å². The lowest BCUT2D eigenvalue weighted by Crippen LogP contribution is -2.29. The maximum absolute atomic E-state index is 11.9. The second-order valence-corrected chi connectivity index (χ2v) is 10.0. The van der Waals surface area contributed by atoms with Crippen LogP contribution in [0.15, 0.2) is 71.2 Å². The van der Waals surface area contributed by atoms with Crippen molar-refractivity contribution >= 4 is 39.0 Å². The van der Waals surface area contributed by atoms with E-state index in [1.807, 2.05) is 42.5 Å². The molecule has 1 aliphatic heterocycles. The third-order valence-corrected chi connectivity index (χ3v) is 7.67.